The Labute approximate surface area is 105 Å². The van der Waals surface area contributed by atoms with Gasteiger partial charge in [-0.15, -0.1) is 0 Å². The van der Waals surface area contributed by atoms with E-state index < -0.39 is 12.4 Å². The largest absolute Gasteiger partial charge is 0.390 e. The van der Waals surface area contributed by atoms with Gasteiger partial charge in [-0.2, -0.15) is 0 Å². The van der Waals surface area contributed by atoms with Crippen molar-refractivity contribution in [1.82, 2.24) is 9.97 Å². The van der Waals surface area contributed by atoms with Crippen LogP contribution in [0.3, 0.4) is 0 Å². The average Bonchev–Trinajstić information content (AvgIpc) is 2.33. The Bertz CT molecular complexity index is 576. The van der Waals surface area contributed by atoms with Gasteiger partial charge in [-0.1, -0.05) is 18.2 Å². The second-order valence-electron chi connectivity index (χ2n) is 4.32. The smallest absolute Gasteiger partial charge is 0.168 e. The van der Waals surface area contributed by atoms with Crippen molar-refractivity contribution in [2.45, 2.75) is 27.4 Å². The van der Waals surface area contributed by atoms with E-state index in [1.54, 1.807) is 6.92 Å². The van der Waals surface area contributed by atoms with Crippen molar-refractivity contribution in [3.05, 3.63) is 46.5 Å². The van der Waals surface area contributed by atoms with Crippen LogP contribution in [-0.2, 0) is 6.61 Å². The molecule has 0 spiro atoms. The number of benzene rings is 1. The van der Waals surface area contributed by atoms with Gasteiger partial charge >= 0.3 is 0 Å². The van der Waals surface area contributed by atoms with Crippen LogP contribution in [0.5, 0.6) is 0 Å². The standard InChI is InChI=1S/C14H15FN2O/c1-8-5-4-6-9(2)12(8)14-16-10(3)13(15)11(7-18)17-14/h4-6,18H,7H2,1-3H3. The van der Waals surface area contributed by atoms with Gasteiger partial charge in [0.15, 0.2) is 11.6 Å². The molecule has 1 aromatic carbocycles. The van der Waals surface area contributed by atoms with E-state index in [2.05, 4.69) is 9.97 Å². The van der Waals surface area contributed by atoms with E-state index in [4.69, 9.17) is 5.11 Å². The molecular formula is C14H15FN2O. The second kappa shape index (κ2) is 4.82. The fourth-order valence-corrected chi connectivity index (χ4v) is 2.00. The predicted molar refractivity (Wildman–Crippen MR) is 67.6 cm³/mol. The van der Waals surface area contributed by atoms with Crippen LogP contribution in [0.1, 0.15) is 22.5 Å². The van der Waals surface area contributed by atoms with E-state index in [1.807, 2.05) is 32.0 Å². The topological polar surface area (TPSA) is 46.0 Å². The highest BCUT2D eigenvalue weighted by atomic mass is 19.1. The van der Waals surface area contributed by atoms with E-state index in [9.17, 15) is 4.39 Å². The number of aliphatic hydroxyl groups is 1. The van der Waals surface area contributed by atoms with Gasteiger partial charge in [-0.25, -0.2) is 14.4 Å². The number of rotatable bonds is 2. The minimum Gasteiger partial charge on any atom is -0.390 e. The van der Waals surface area contributed by atoms with Crippen LogP contribution in [-0.4, -0.2) is 15.1 Å². The third kappa shape index (κ3) is 2.11. The average molecular weight is 246 g/mol. The third-order valence-electron chi connectivity index (χ3n) is 2.94. The van der Waals surface area contributed by atoms with Gasteiger partial charge < -0.3 is 5.11 Å². The van der Waals surface area contributed by atoms with Gasteiger partial charge in [0.25, 0.3) is 0 Å². The van der Waals surface area contributed by atoms with Crippen molar-refractivity contribution >= 4 is 0 Å². The van der Waals surface area contributed by atoms with E-state index >= 15 is 0 Å². The van der Waals surface area contributed by atoms with Gasteiger partial charge in [0, 0.05) is 5.56 Å². The first-order valence-electron chi connectivity index (χ1n) is 5.75. The minimum absolute atomic E-state index is 0.0418. The fraction of sp³-hybridized carbons (Fsp3) is 0.286. The Morgan fingerprint density at radius 3 is 2.28 bits per heavy atom. The maximum atomic E-state index is 13.6. The van der Waals surface area contributed by atoms with Crippen LogP contribution in [0.15, 0.2) is 18.2 Å². The Kier molecular flexibility index (Phi) is 3.39. The lowest BCUT2D eigenvalue weighted by molar-refractivity contribution is 0.269. The molecule has 18 heavy (non-hydrogen) atoms. The number of nitrogens with zero attached hydrogens (tertiary/aromatic N) is 2. The molecule has 0 radical (unpaired) electrons. The van der Waals surface area contributed by atoms with Gasteiger partial charge in [-0.3, -0.25) is 0 Å². The number of aliphatic hydroxyl groups excluding tert-OH is 1. The molecule has 0 aliphatic carbocycles. The van der Waals surface area contributed by atoms with Gasteiger partial charge in [0.1, 0.15) is 5.69 Å². The van der Waals surface area contributed by atoms with E-state index in [0.717, 1.165) is 16.7 Å². The first-order chi connectivity index (χ1) is 8.54. The zero-order valence-electron chi connectivity index (χ0n) is 10.7. The lowest BCUT2D eigenvalue weighted by Crippen LogP contribution is -2.05. The molecule has 0 atom stereocenters. The molecule has 0 fully saturated rings. The molecule has 0 aliphatic heterocycles. The van der Waals surface area contributed by atoms with Crippen molar-refractivity contribution in [3.8, 4) is 11.4 Å². The van der Waals surface area contributed by atoms with Crippen molar-refractivity contribution in [1.29, 1.82) is 0 Å². The lowest BCUT2D eigenvalue weighted by atomic mass is 10.0. The van der Waals surface area contributed by atoms with E-state index in [-0.39, 0.29) is 11.4 Å². The zero-order chi connectivity index (χ0) is 13.3. The normalized spacial score (nSPS) is 10.7. The zero-order valence-corrected chi connectivity index (χ0v) is 10.7. The minimum atomic E-state index is -0.535. The summed E-state index contributed by atoms with van der Waals surface area (Å²) in [5, 5.41) is 9.12. The maximum Gasteiger partial charge on any atom is 0.168 e. The quantitative estimate of drug-likeness (QED) is 0.886. The monoisotopic (exact) mass is 246 g/mol. The number of hydrogen-bond acceptors (Lipinski definition) is 3. The molecule has 1 heterocycles. The van der Waals surface area contributed by atoms with Crippen LogP contribution in [0, 0.1) is 26.6 Å². The maximum absolute atomic E-state index is 13.6. The SMILES string of the molecule is Cc1cccc(C)c1-c1nc(C)c(F)c(CO)n1. The summed E-state index contributed by atoms with van der Waals surface area (Å²) in [5.41, 5.74) is 3.26. The van der Waals surface area contributed by atoms with Crippen LogP contribution >= 0.6 is 0 Å². The Morgan fingerprint density at radius 1 is 1.11 bits per heavy atom. The second-order valence-corrected chi connectivity index (χ2v) is 4.32. The summed E-state index contributed by atoms with van der Waals surface area (Å²) in [5.74, 6) is -0.0685. The number of halogens is 1. The van der Waals surface area contributed by atoms with Crippen molar-refractivity contribution in [2.24, 2.45) is 0 Å². The molecule has 1 N–H and O–H groups in total. The van der Waals surface area contributed by atoms with E-state index in [0.29, 0.717) is 5.82 Å². The molecule has 0 aliphatic rings. The molecule has 1 aromatic heterocycles. The van der Waals surface area contributed by atoms with Crippen LogP contribution < -0.4 is 0 Å². The summed E-state index contributed by atoms with van der Waals surface area (Å²) < 4.78 is 13.6. The predicted octanol–water partition coefficient (Wildman–Crippen LogP) is 2.70. The molecule has 0 saturated heterocycles. The molecular weight excluding hydrogens is 231 g/mol. The number of aryl methyl sites for hydroxylation is 3. The first kappa shape index (κ1) is 12.6. The summed E-state index contributed by atoms with van der Waals surface area (Å²) in [6, 6.07) is 5.88. The summed E-state index contributed by atoms with van der Waals surface area (Å²) in [7, 11) is 0. The Hall–Kier alpha value is -1.81. The first-order valence-corrected chi connectivity index (χ1v) is 5.75. The molecule has 0 unspecified atom stereocenters. The van der Waals surface area contributed by atoms with Gasteiger partial charge in [-0.05, 0) is 31.9 Å². The van der Waals surface area contributed by atoms with Gasteiger partial charge in [0.2, 0.25) is 0 Å². The summed E-state index contributed by atoms with van der Waals surface area (Å²) in [6.45, 7) is 5.08. The molecule has 2 rings (SSSR count). The van der Waals surface area contributed by atoms with E-state index in [1.165, 1.54) is 0 Å². The third-order valence-corrected chi connectivity index (χ3v) is 2.94. The summed E-state index contributed by atoms with van der Waals surface area (Å²) in [4.78, 5) is 8.28. The summed E-state index contributed by atoms with van der Waals surface area (Å²) >= 11 is 0. The Morgan fingerprint density at radius 2 is 1.72 bits per heavy atom. The number of aromatic nitrogens is 2. The molecule has 4 heteroatoms. The number of hydrogen-bond donors (Lipinski definition) is 1. The lowest BCUT2D eigenvalue weighted by Gasteiger charge is -2.11. The van der Waals surface area contributed by atoms with Crippen LogP contribution in [0.25, 0.3) is 11.4 Å². The summed E-state index contributed by atoms with van der Waals surface area (Å²) in [6.07, 6.45) is 0. The molecule has 0 amide bonds. The Balaban J connectivity index is 2.68. The highest BCUT2D eigenvalue weighted by molar-refractivity contribution is 5.64. The van der Waals surface area contributed by atoms with Crippen LogP contribution in [0.4, 0.5) is 4.39 Å². The molecule has 94 valence electrons. The molecule has 2 aromatic rings. The van der Waals surface area contributed by atoms with Crippen molar-refractivity contribution < 1.29 is 9.50 Å². The van der Waals surface area contributed by atoms with Gasteiger partial charge in [0.05, 0.1) is 12.3 Å². The fourth-order valence-electron chi connectivity index (χ4n) is 2.00. The highest BCUT2D eigenvalue weighted by Gasteiger charge is 2.14. The van der Waals surface area contributed by atoms with Crippen molar-refractivity contribution in [3.63, 3.8) is 0 Å². The molecule has 0 saturated carbocycles. The van der Waals surface area contributed by atoms with Crippen molar-refractivity contribution in [2.75, 3.05) is 0 Å². The molecule has 3 nitrogen and oxygen atoms in total. The molecule has 0 bridgehead atoms. The van der Waals surface area contributed by atoms with Crippen LogP contribution in [0.2, 0.25) is 0 Å². The highest BCUT2D eigenvalue weighted by Crippen LogP contribution is 2.25.